The van der Waals surface area contributed by atoms with Crippen molar-refractivity contribution in [2.45, 2.75) is 33.2 Å². The minimum absolute atomic E-state index is 0.306. The molecule has 17 heavy (non-hydrogen) atoms. The fraction of sp³-hybridized carbons (Fsp3) is 0.769. The maximum absolute atomic E-state index is 11.2. The van der Waals surface area contributed by atoms with E-state index in [9.17, 15) is 4.79 Å². The van der Waals surface area contributed by atoms with Gasteiger partial charge in [0.1, 0.15) is 0 Å². The lowest BCUT2D eigenvalue weighted by molar-refractivity contribution is -0.138. The minimum Gasteiger partial charge on any atom is -0.463 e. The van der Waals surface area contributed by atoms with Gasteiger partial charge < -0.3 is 15.0 Å². The first kappa shape index (κ1) is 16.1. The van der Waals surface area contributed by atoms with Crippen LogP contribution in [0.5, 0.6) is 0 Å². The summed E-state index contributed by atoms with van der Waals surface area (Å²) in [6, 6.07) is 0.574. The van der Waals surface area contributed by atoms with Crippen molar-refractivity contribution in [3.05, 3.63) is 12.2 Å². The average Bonchev–Trinajstić information content (AvgIpc) is 2.28. The Labute approximate surface area is 105 Å². The molecule has 0 aromatic heterocycles. The maximum atomic E-state index is 11.2. The molecule has 4 heteroatoms. The molecule has 0 unspecified atom stereocenters. The number of hydrogen-bond acceptors (Lipinski definition) is 4. The second kappa shape index (κ2) is 9.19. The molecule has 0 radical (unpaired) electrons. The van der Waals surface area contributed by atoms with Crippen molar-refractivity contribution in [2.75, 3.05) is 33.3 Å². The van der Waals surface area contributed by atoms with E-state index in [1.54, 1.807) is 6.92 Å². The molecule has 1 N–H and O–H groups in total. The molecular formula is C13H26N2O2. The van der Waals surface area contributed by atoms with Gasteiger partial charge in [0.15, 0.2) is 0 Å². The van der Waals surface area contributed by atoms with Crippen LogP contribution in [-0.2, 0) is 9.53 Å². The number of nitrogens with zero attached hydrogens (tertiary/aromatic N) is 1. The van der Waals surface area contributed by atoms with E-state index in [4.69, 9.17) is 4.74 Å². The summed E-state index contributed by atoms with van der Waals surface area (Å²) in [6.07, 6.45) is 1.06. The molecule has 0 aromatic carbocycles. The first-order chi connectivity index (χ1) is 7.99. The zero-order valence-electron chi connectivity index (χ0n) is 11.6. The lowest BCUT2D eigenvalue weighted by Gasteiger charge is -2.20. The molecule has 0 aromatic rings. The molecule has 0 aliphatic heterocycles. The predicted molar refractivity (Wildman–Crippen MR) is 71.0 cm³/mol. The summed E-state index contributed by atoms with van der Waals surface area (Å²) in [6.45, 7) is 12.7. The summed E-state index contributed by atoms with van der Waals surface area (Å²) in [4.78, 5) is 13.5. The normalized spacial score (nSPS) is 10.9. The number of esters is 1. The number of carbonyl (C=O) groups is 1. The fourth-order valence-electron chi connectivity index (χ4n) is 1.26. The Kier molecular flexibility index (Phi) is 8.72. The zero-order chi connectivity index (χ0) is 13.3. The molecule has 0 amide bonds. The van der Waals surface area contributed by atoms with Crippen molar-refractivity contribution in [1.29, 1.82) is 0 Å². The topological polar surface area (TPSA) is 41.6 Å². The molecule has 0 atom stereocenters. The summed E-state index contributed by atoms with van der Waals surface area (Å²) < 4.78 is 4.84. The van der Waals surface area contributed by atoms with Gasteiger partial charge in [0.05, 0.1) is 6.61 Å². The third kappa shape index (κ3) is 7.94. The second-order valence-corrected chi connectivity index (χ2v) is 4.43. The SMILES string of the molecule is C=C(CNCCCN(C)C(C)C)C(=O)OCC. The molecule has 0 fully saturated rings. The number of rotatable bonds is 9. The van der Waals surface area contributed by atoms with Crippen LogP contribution in [0.25, 0.3) is 0 Å². The Hall–Kier alpha value is -0.870. The average molecular weight is 242 g/mol. The van der Waals surface area contributed by atoms with Gasteiger partial charge in [-0.3, -0.25) is 0 Å². The number of carbonyl (C=O) groups excluding carboxylic acids is 1. The van der Waals surface area contributed by atoms with Gasteiger partial charge in [-0.1, -0.05) is 6.58 Å². The summed E-state index contributed by atoms with van der Waals surface area (Å²) in [7, 11) is 2.11. The van der Waals surface area contributed by atoms with Crippen LogP contribution in [0.3, 0.4) is 0 Å². The first-order valence-electron chi connectivity index (χ1n) is 6.24. The summed E-state index contributed by atoms with van der Waals surface area (Å²) in [5, 5.41) is 3.19. The van der Waals surface area contributed by atoms with Gasteiger partial charge in [0.2, 0.25) is 0 Å². The monoisotopic (exact) mass is 242 g/mol. The largest absolute Gasteiger partial charge is 0.463 e. The van der Waals surface area contributed by atoms with Crippen molar-refractivity contribution in [1.82, 2.24) is 10.2 Å². The van der Waals surface area contributed by atoms with Gasteiger partial charge in [-0.2, -0.15) is 0 Å². The van der Waals surface area contributed by atoms with E-state index in [0.29, 0.717) is 24.8 Å². The van der Waals surface area contributed by atoms with Crippen molar-refractivity contribution in [3.8, 4) is 0 Å². The molecule has 0 saturated carbocycles. The van der Waals surface area contributed by atoms with Crippen LogP contribution in [0, 0.1) is 0 Å². The van der Waals surface area contributed by atoms with Crippen LogP contribution in [0.4, 0.5) is 0 Å². The second-order valence-electron chi connectivity index (χ2n) is 4.43. The van der Waals surface area contributed by atoms with E-state index < -0.39 is 0 Å². The molecule has 0 heterocycles. The van der Waals surface area contributed by atoms with Crippen molar-refractivity contribution in [2.24, 2.45) is 0 Å². The quantitative estimate of drug-likeness (QED) is 0.377. The Morgan fingerprint density at radius 2 is 2.12 bits per heavy atom. The van der Waals surface area contributed by atoms with E-state index in [0.717, 1.165) is 19.5 Å². The van der Waals surface area contributed by atoms with Gasteiger partial charge in [-0.25, -0.2) is 4.79 Å². The van der Waals surface area contributed by atoms with Crippen LogP contribution in [0.2, 0.25) is 0 Å². The lowest BCUT2D eigenvalue weighted by atomic mass is 10.3. The predicted octanol–water partition coefficient (Wildman–Crippen LogP) is 1.43. The van der Waals surface area contributed by atoms with E-state index in [2.05, 4.69) is 37.7 Å². The molecule has 0 bridgehead atoms. The van der Waals surface area contributed by atoms with Crippen LogP contribution >= 0.6 is 0 Å². The van der Waals surface area contributed by atoms with Crippen LogP contribution < -0.4 is 5.32 Å². The molecule has 0 saturated heterocycles. The Bertz CT molecular complexity index is 240. The van der Waals surface area contributed by atoms with Gasteiger partial charge in [-0.15, -0.1) is 0 Å². The van der Waals surface area contributed by atoms with Gasteiger partial charge >= 0.3 is 5.97 Å². The van der Waals surface area contributed by atoms with Crippen molar-refractivity contribution < 1.29 is 9.53 Å². The molecule has 0 aliphatic carbocycles. The zero-order valence-corrected chi connectivity index (χ0v) is 11.6. The highest BCUT2D eigenvalue weighted by Gasteiger charge is 2.06. The third-order valence-electron chi connectivity index (χ3n) is 2.65. The summed E-state index contributed by atoms with van der Waals surface area (Å²) >= 11 is 0. The Morgan fingerprint density at radius 1 is 1.47 bits per heavy atom. The molecule has 0 spiro atoms. The molecular weight excluding hydrogens is 216 g/mol. The Balaban J connectivity index is 3.52. The van der Waals surface area contributed by atoms with Crippen LogP contribution in [0.15, 0.2) is 12.2 Å². The van der Waals surface area contributed by atoms with Gasteiger partial charge in [0.25, 0.3) is 0 Å². The highest BCUT2D eigenvalue weighted by Crippen LogP contribution is 1.95. The molecule has 100 valence electrons. The molecule has 0 rings (SSSR count). The summed E-state index contributed by atoms with van der Waals surface area (Å²) in [5.41, 5.74) is 0.490. The van der Waals surface area contributed by atoms with E-state index in [1.165, 1.54) is 0 Å². The number of nitrogens with one attached hydrogen (secondary N) is 1. The standard InChI is InChI=1S/C13H26N2O2/c1-6-17-13(16)12(4)10-14-8-7-9-15(5)11(2)3/h11,14H,4,6-10H2,1-3,5H3. The van der Waals surface area contributed by atoms with Crippen molar-refractivity contribution in [3.63, 3.8) is 0 Å². The smallest absolute Gasteiger partial charge is 0.334 e. The van der Waals surface area contributed by atoms with E-state index in [1.807, 2.05) is 0 Å². The highest BCUT2D eigenvalue weighted by atomic mass is 16.5. The van der Waals surface area contributed by atoms with E-state index >= 15 is 0 Å². The molecule has 4 nitrogen and oxygen atoms in total. The maximum Gasteiger partial charge on any atom is 0.334 e. The minimum atomic E-state index is -0.306. The van der Waals surface area contributed by atoms with Crippen LogP contribution in [0.1, 0.15) is 27.2 Å². The third-order valence-corrected chi connectivity index (χ3v) is 2.65. The van der Waals surface area contributed by atoms with E-state index in [-0.39, 0.29) is 5.97 Å². The van der Waals surface area contributed by atoms with Crippen molar-refractivity contribution >= 4 is 5.97 Å². The number of ether oxygens (including phenoxy) is 1. The fourth-order valence-corrected chi connectivity index (χ4v) is 1.26. The number of hydrogen-bond donors (Lipinski definition) is 1. The first-order valence-corrected chi connectivity index (χ1v) is 6.24. The Morgan fingerprint density at radius 3 is 2.65 bits per heavy atom. The lowest BCUT2D eigenvalue weighted by Crippen LogP contribution is -2.30. The van der Waals surface area contributed by atoms with Gasteiger partial charge in [0, 0.05) is 18.2 Å². The van der Waals surface area contributed by atoms with Gasteiger partial charge in [-0.05, 0) is 47.3 Å². The summed E-state index contributed by atoms with van der Waals surface area (Å²) in [5.74, 6) is -0.306. The molecule has 0 aliphatic rings. The van der Waals surface area contributed by atoms with Crippen LogP contribution in [-0.4, -0.2) is 50.2 Å². The highest BCUT2D eigenvalue weighted by molar-refractivity contribution is 5.88.